The Balaban J connectivity index is 1.78. The van der Waals surface area contributed by atoms with Crippen molar-refractivity contribution < 1.29 is 9.59 Å². The van der Waals surface area contributed by atoms with Gasteiger partial charge in [-0.15, -0.1) is 0 Å². The van der Waals surface area contributed by atoms with Crippen LogP contribution in [-0.2, 0) is 0 Å². The molecule has 1 aliphatic carbocycles. The van der Waals surface area contributed by atoms with Gasteiger partial charge in [-0.05, 0) is 25.0 Å². The number of allylic oxidation sites excluding steroid dienone is 1. The summed E-state index contributed by atoms with van der Waals surface area (Å²) in [6.45, 7) is 0. The van der Waals surface area contributed by atoms with Crippen molar-refractivity contribution in [2.45, 2.75) is 24.9 Å². The molecule has 6 heteroatoms. The highest BCUT2D eigenvalue weighted by molar-refractivity contribution is 6.39. The van der Waals surface area contributed by atoms with Gasteiger partial charge in [0.1, 0.15) is 0 Å². The molecule has 32 heavy (non-hydrogen) atoms. The van der Waals surface area contributed by atoms with Gasteiger partial charge in [-0.25, -0.2) is 0 Å². The lowest BCUT2D eigenvalue weighted by molar-refractivity contribution is 0.0880. The van der Waals surface area contributed by atoms with E-state index in [9.17, 15) is 9.59 Å². The SMILES string of the molecule is N[C@H]1C=CC(n2c3ccccc3c3c4c(c5c6ccccc6[nH]c5c32)C(=O)NC4=O)CC1. The molecule has 5 aromatic rings. The highest BCUT2D eigenvalue weighted by atomic mass is 16.2. The summed E-state index contributed by atoms with van der Waals surface area (Å²) in [5.74, 6) is -0.659. The molecule has 1 unspecified atom stereocenters. The summed E-state index contributed by atoms with van der Waals surface area (Å²) in [4.78, 5) is 29.6. The molecule has 0 saturated heterocycles. The van der Waals surface area contributed by atoms with E-state index in [1.165, 1.54) is 0 Å². The Kier molecular flexibility index (Phi) is 3.37. The van der Waals surface area contributed by atoms with Crippen LogP contribution in [0.2, 0.25) is 0 Å². The predicted molar refractivity (Wildman–Crippen MR) is 126 cm³/mol. The molecule has 2 amide bonds. The Labute approximate surface area is 182 Å². The standard InChI is InChI=1S/C26H20N4O2/c27-13-9-11-14(12-10-13)30-18-8-4-2-6-16(18)20-22-21(25(31)29-26(22)32)19-15-5-1-3-7-17(15)28-23(19)24(20)30/h1-9,11,13-14,28H,10,12,27H2,(H,29,31,32)/t13-,14?/m0/s1. The van der Waals surface area contributed by atoms with Gasteiger partial charge in [0.2, 0.25) is 0 Å². The van der Waals surface area contributed by atoms with E-state index in [1.807, 2.05) is 42.5 Å². The number of rotatable bonds is 1. The molecule has 7 rings (SSSR count). The Morgan fingerprint density at radius 3 is 2.34 bits per heavy atom. The maximum absolute atomic E-state index is 13.1. The second-order valence-corrected chi connectivity index (χ2v) is 8.76. The average Bonchev–Trinajstić information content (AvgIpc) is 3.44. The van der Waals surface area contributed by atoms with Gasteiger partial charge in [-0.1, -0.05) is 48.6 Å². The van der Waals surface area contributed by atoms with Crippen LogP contribution >= 0.6 is 0 Å². The monoisotopic (exact) mass is 420 g/mol. The number of H-pyrrole nitrogens is 1. The van der Waals surface area contributed by atoms with E-state index in [4.69, 9.17) is 5.73 Å². The Morgan fingerprint density at radius 1 is 0.844 bits per heavy atom. The summed E-state index contributed by atoms with van der Waals surface area (Å²) in [5, 5.41) is 6.12. The molecule has 6 nitrogen and oxygen atoms in total. The molecule has 2 aliphatic rings. The van der Waals surface area contributed by atoms with Crippen LogP contribution in [0.3, 0.4) is 0 Å². The topological polar surface area (TPSA) is 92.9 Å². The van der Waals surface area contributed by atoms with Crippen LogP contribution in [0.4, 0.5) is 0 Å². The molecule has 0 bridgehead atoms. The number of carbonyl (C=O) groups is 2. The summed E-state index contributed by atoms with van der Waals surface area (Å²) in [7, 11) is 0. The molecule has 0 fully saturated rings. The third-order valence-electron chi connectivity index (χ3n) is 6.99. The Hall–Kier alpha value is -3.90. The minimum Gasteiger partial charge on any atom is -0.353 e. The van der Waals surface area contributed by atoms with Crippen molar-refractivity contribution in [3.8, 4) is 0 Å². The minimum absolute atomic E-state index is 0.0695. The molecule has 2 atom stereocenters. The summed E-state index contributed by atoms with van der Waals surface area (Å²) < 4.78 is 2.32. The molecular weight excluding hydrogens is 400 g/mol. The zero-order chi connectivity index (χ0) is 21.6. The van der Waals surface area contributed by atoms with E-state index in [0.717, 1.165) is 56.5 Å². The van der Waals surface area contributed by atoms with E-state index >= 15 is 0 Å². The molecule has 0 spiro atoms. The van der Waals surface area contributed by atoms with E-state index in [-0.39, 0.29) is 23.9 Å². The largest absolute Gasteiger partial charge is 0.353 e. The summed E-state index contributed by atoms with van der Waals surface area (Å²) in [5.41, 5.74) is 10.9. The Bertz CT molecular complexity index is 1670. The highest BCUT2D eigenvalue weighted by Crippen LogP contribution is 2.45. The van der Waals surface area contributed by atoms with Gasteiger partial charge in [0, 0.05) is 38.6 Å². The zero-order valence-corrected chi connectivity index (χ0v) is 17.2. The number of fused-ring (bicyclic) bond motifs is 10. The number of aromatic amines is 1. The van der Waals surface area contributed by atoms with Crippen LogP contribution < -0.4 is 11.1 Å². The third kappa shape index (κ3) is 2.12. The first-order valence-corrected chi connectivity index (χ1v) is 10.9. The number of benzene rings is 3. The van der Waals surface area contributed by atoms with Gasteiger partial charge in [0.15, 0.2) is 0 Å². The molecule has 3 aromatic carbocycles. The fraction of sp³-hybridized carbons (Fsp3) is 0.154. The van der Waals surface area contributed by atoms with Crippen molar-refractivity contribution in [3.05, 3.63) is 71.8 Å². The average molecular weight is 420 g/mol. The van der Waals surface area contributed by atoms with Gasteiger partial charge >= 0.3 is 0 Å². The third-order valence-corrected chi connectivity index (χ3v) is 6.99. The number of imide groups is 1. The van der Waals surface area contributed by atoms with Crippen molar-refractivity contribution in [3.63, 3.8) is 0 Å². The van der Waals surface area contributed by atoms with Crippen molar-refractivity contribution in [1.82, 2.24) is 14.9 Å². The molecule has 156 valence electrons. The summed E-state index contributed by atoms with van der Waals surface area (Å²) >= 11 is 0. The van der Waals surface area contributed by atoms with Crippen LogP contribution in [0.15, 0.2) is 60.7 Å². The van der Waals surface area contributed by atoms with E-state index in [1.54, 1.807) is 0 Å². The number of amides is 2. The maximum atomic E-state index is 13.1. The van der Waals surface area contributed by atoms with Gasteiger partial charge in [0.05, 0.1) is 28.2 Å². The normalized spacial score (nSPS) is 20.7. The van der Waals surface area contributed by atoms with Crippen LogP contribution in [-0.4, -0.2) is 27.4 Å². The minimum atomic E-state index is -0.331. The van der Waals surface area contributed by atoms with Crippen LogP contribution in [0, 0.1) is 0 Å². The quantitative estimate of drug-likeness (QED) is 0.275. The second kappa shape index (κ2) is 6.08. The highest BCUT2D eigenvalue weighted by Gasteiger charge is 2.36. The Morgan fingerprint density at radius 2 is 1.56 bits per heavy atom. The molecular formula is C26H20N4O2. The number of carbonyl (C=O) groups excluding carboxylic acids is 2. The number of nitrogens with one attached hydrogen (secondary N) is 2. The van der Waals surface area contributed by atoms with Gasteiger partial charge in [-0.3, -0.25) is 14.9 Å². The fourth-order valence-corrected chi connectivity index (χ4v) is 5.66. The maximum Gasteiger partial charge on any atom is 0.259 e. The van der Waals surface area contributed by atoms with Gasteiger partial charge < -0.3 is 15.3 Å². The zero-order valence-electron chi connectivity index (χ0n) is 17.2. The van der Waals surface area contributed by atoms with Crippen LogP contribution in [0.5, 0.6) is 0 Å². The van der Waals surface area contributed by atoms with Crippen molar-refractivity contribution in [2.24, 2.45) is 5.73 Å². The molecule has 4 N–H and O–H groups in total. The molecule has 0 radical (unpaired) electrons. The van der Waals surface area contributed by atoms with Gasteiger partial charge in [0.25, 0.3) is 11.8 Å². The van der Waals surface area contributed by atoms with Crippen LogP contribution in [0.1, 0.15) is 39.6 Å². The molecule has 3 heterocycles. The van der Waals surface area contributed by atoms with Crippen LogP contribution in [0.25, 0.3) is 43.6 Å². The lowest BCUT2D eigenvalue weighted by Gasteiger charge is -2.24. The van der Waals surface area contributed by atoms with Crippen molar-refractivity contribution in [1.29, 1.82) is 0 Å². The lowest BCUT2D eigenvalue weighted by atomic mass is 9.96. The molecule has 2 aromatic heterocycles. The fourth-order valence-electron chi connectivity index (χ4n) is 5.66. The number of hydrogen-bond acceptors (Lipinski definition) is 3. The second-order valence-electron chi connectivity index (χ2n) is 8.76. The first-order valence-electron chi connectivity index (χ1n) is 10.9. The van der Waals surface area contributed by atoms with Crippen molar-refractivity contribution >= 4 is 55.4 Å². The van der Waals surface area contributed by atoms with E-state index in [2.05, 4.69) is 33.1 Å². The summed E-state index contributed by atoms with van der Waals surface area (Å²) in [6.07, 6.45) is 6.05. The first-order chi connectivity index (χ1) is 15.6. The number of para-hydroxylation sites is 2. The van der Waals surface area contributed by atoms with Crippen molar-refractivity contribution in [2.75, 3.05) is 0 Å². The number of hydrogen-bond donors (Lipinski definition) is 3. The number of aromatic nitrogens is 2. The van der Waals surface area contributed by atoms with E-state index in [0.29, 0.717) is 11.1 Å². The number of nitrogens with zero attached hydrogens (tertiary/aromatic N) is 1. The predicted octanol–water partition coefficient (Wildman–Crippen LogP) is 4.53. The summed E-state index contributed by atoms with van der Waals surface area (Å²) in [6, 6.07) is 16.3. The smallest absolute Gasteiger partial charge is 0.259 e. The molecule has 0 saturated carbocycles. The van der Waals surface area contributed by atoms with Gasteiger partial charge in [-0.2, -0.15) is 0 Å². The molecule has 1 aliphatic heterocycles. The lowest BCUT2D eigenvalue weighted by Crippen LogP contribution is -2.23. The first kappa shape index (κ1) is 17.7. The van der Waals surface area contributed by atoms with E-state index < -0.39 is 0 Å². The number of nitrogens with two attached hydrogens (primary N) is 1.